The van der Waals surface area contributed by atoms with Crippen molar-refractivity contribution in [3.8, 4) is 5.75 Å². The minimum atomic E-state index is -0.405. The minimum Gasteiger partial charge on any atom is -0.497 e. The first-order chi connectivity index (χ1) is 19.1. The number of allylic oxidation sites excluding steroid dienone is 1. The van der Waals surface area contributed by atoms with Gasteiger partial charge in [0, 0.05) is 44.0 Å². The lowest BCUT2D eigenvalue weighted by Crippen LogP contribution is -2.41. The minimum absolute atomic E-state index is 0.0996. The van der Waals surface area contributed by atoms with Gasteiger partial charge in [0.1, 0.15) is 5.75 Å². The number of ether oxygens (including phenoxy) is 1. The van der Waals surface area contributed by atoms with Crippen molar-refractivity contribution in [1.29, 1.82) is 0 Å². The van der Waals surface area contributed by atoms with Gasteiger partial charge in [0.25, 0.3) is 0 Å². The first-order valence-corrected chi connectivity index (χ1v) is 13.7. The fraction of sp³-hybridized carbons (Fsp3) is 0.333. The molecule has 208 valence electrons. The highest BCUT2D eigenvalue weighted by Crippen LogP contribution is 2.48. The van der Waals surface area contributed by atoms with Gasteiger partial charge >= 0.3 is 0 Å². The second-order valence-corrected chi connectivity index (χ2v) is 11.6. The average Bonchev–Trinajstić information content (AvgIpc) is 3.06. The highest BCUT2D eigenvalue weighted by molar-refractivity contribution is 6.02. The number of nitrogens with zero attached hydrogens (tertiary/aromatic N) is 2. The first-order valence-electron chi connectivity index (χ1n) is 13.7. The number of benzene rings is 3. The number of Topliss-reactive ketones (excluding diaryl/α,β-unsaturated/α-hetero) is 1. The van der Waals surface area contributed by atoms with Crippen molar-refractivity contribution in [3.63, 3.8) is 0 Å². The number of ketones is 1. The number of rotatable bonds is 7. The van der Waals surface area contributed by atoms with Crippen molar-refractivity contribution < 1.29 is 14.3 Å². The summed E-state index contributed by atoms with van der Waals surface area (Å²) in [6.07, 6.45) is 1.22. The van der Waals surface area contributed by atoms with Crippen molar-refractivity contribution in [3.05, 3.63) is 95.2 Å². The Hall–Kier alpha value is -4.26. The first kappa shape index (κ1) is 27.3. The van der Waals surface area contributed by atoms with Crippen LogP contribution in [0.15, 0.2) is 84.1 Å². The molecule has 0 saturated carbocycles. The summed E-state index contributed by atoms with van der Waals surface area (Å²) in [6.45, 7) is 4.78. The molecule has 0 saturated heterocycles. The molecule has 1 atom stereocenters. The Labute approximate surface area is 236 Å². The smallest absolute Gasteiger partial charge is 0.239 e. The Balaban J connectivity index is 1.54. The fourth-order valence-electron chi connectivity index (χ4n) is 5.68. The second-order valence-electron chi connectivity index (χ2n) is 11.6. The van der Waals surface area contributed by atoms with Gasteiger partial charge in [0.05, 0.1) is 31.1 Å². The maximum atomic E-state index is 13.9. The molecule has 1 heterocycles. The second kappa shape index (κ2) is 11.1. The summed E-state index contributed by atoms with van der Waals surface area (Å²) in [6, 6.07) is 23.5. The number of hydrogen-bond acceptors (Lipinski definition) is 6. The maximum absolute atomic E-state index is 13.9. The van der Waals surface area contributed by atoms with Gasteiger partial charge in [-0.25, -0.2) is 0 Å². The SMILES string of the molecule is COc1ccc(CNC(=O)CN2c3ccccc3NC3=C(C(=O)CC(C)(C)C3)C2c2ccc(N(C)C)cc2)cc1. The van der Waals surface area contributed by atoms with Crippen molar-refractivity contribution in [2.75, 3.05) is 42.9 Å². The number of fused-ring (bicyclic) bond motifs is 1. The Morgan fingerprint density at radius 1 is 1.02 bits per heavy atom. The number of methoxy groups -OCH3 is 1. The zero-order valence-corrected chi connectivity index (χ0v) is 24.0. The molecule has 1 unspecified atom stereocenters. The van der Waals surface area contributed by atoms with Crippen LogP contribution in [0, 0.1) is 5.41 Å². The van der Waals surface area contributed by atoms with Gasteiger partial charge in [0.2, 0.25) is 5.91 Å². The number of amides is 1. The lowest BCUT2D eigenvalue weighted by molar-refractivity contribution is -0.120. The molecule has 5 rings (SSSR count). The zero-order valence-electron chi connectivity index (χ0n) is 24.0. The topological polar surface area (TPSA) is 73.9 Å². The van der Waals surface area contributed by atoms with Gasteiger partial charge in [-0.3, -0.25) is 9.59 Å². The maximum Gasteiger partial charge on any atom is 0.239 e. The molecule has 0 fully saturated rings. The van der Waals surface area contributed by atoms with Crippen molar-refractivity contribution in [1.82, 2.24) is 5.32 Å². The fourth-order valence-corrected chi connectivity index (χ4v) is 5.68. The summed E-state index contributed by atoms with van der Waals surface area (Å²) in [5.41, 5.74) is 6.37. The summed E-state index contributed by atoms with van der Waals surface area (Å²) >= 11 is 0. The molecule has 1 amide bonds. The van der Waals surface area contributed by atoms with Gasteiger partial charge in [-0.1, -0.05) is 50.2 Å². The summed E-state index contributed by atoms with van der Waals surface area (Å²) in [7, 11) is 5.65. The van der Waals surface area contributed by atoms with Crippen LogP contribution in [0.5, 0.6) is 5.75 Å². The van der Waals surface area contributed by atoms with Crippen LogP contribution >= 0.6 is 0 Å². The summed E-state index contributed by atoms with van der Waals surface area (Å²) in [4.78, 5) is 31.5. The molecule has 7 nitrogen and oxygen atoms in total. The Kier molecular flexibility index (Phi) is 7.57. The monoisotopic (exact) mass is 538 g/mol. The molecule has 0 radical (unpaired) electrons. The number of carbonyl (C=O) groups excluding carboxylic acids is 2. The predicted octanol–water partition coefficient (Wildman–Crippen LogP) is 5.69. The predicted molar refractivity (Wildman–Crippen MR) is 161 cm³/mol. The van der Waals surface area contributed by atoms with E-state index in [4.69, 9.17) is 4.74 Å². The molecule has 0 bridgehead atoms. The molecular formula is C33H38N4O3. The van der Waals surface area contributed by atoms with E-state index < -0.39 is 6.04 Å². The van der Waals surface area contributed by atoms with Crippen LogP contribution in [0.25, 0.3) is 0 Å². The molecular weight excluding hydrogens is 500 g/mol. The normalized spacial score (nSPS) is 17.8. The number of nitrogens with one attached hydrogen (secondary N) is 2. The van der Waals surface area contributed by atoms with E-state index >= 15 is 0 Å². The Bertz CT molecular complexity index is 1420. The zero-order chi connectivity index (χ0) is 28.4. The third-order valence-electron chi connectivity index (χ3n) is 7.69. The highest BCUT2D eigenvalue weighted by atomic mass is 16.5. The molecule has 1 aliphatic carbocycles. The summed E-state index contributed by atoms with van der Waals surface area (Å²) in [5.74, 6) is 0.779. The van der Waals surface area contributed by atoms with Crippen LogP contribution in [0.4, 0.5) is 17.1 Å². The molecule has 3 aromatic rings. The van der Waals surface area contributed by atoms with E-state index in [2.05, 4.69) is 58.5 Å². The van der Waals surface area contributed by atoms with Crippen LogP contribution in [0.1, 0.15) is 43.9 Å². The van der Waals surface area contributed by atoms with E-state index in [1.807, 2.05) is 62.6 Å². The van der Waals surface area contributed by atoms with Gasteiger partial charge in [-0.05, 0) is 59.4 Å². The molecule has 1 aliphatic heterocycles. The number of hydrogen-bond donors (Lipinski definition) is 2. The molecule has 0 spiro atoms. The number of anilines is 3. The van der Waals surface area contributed by atoms with Crippen molar-refractivity contribution in [2.24, 2.45) is 5.41 Å². The van der Waals surface area contributed by atoms with Gasteiger partial charge < -0.3 is 25.2 Å². The lowest BCUT2D eigenvalue weighted by Gasteiger charge is -2.38. The van der Waals surface area contributed by atoms with Gasteiger partial charge in [0.15, 0.2) is 5.78 Å². The average molecular weight is 539 g/mol. The third kappa shape index (κ3) is 5.69. The van der Waals surface area contributed by atoms with Crippen LogP contribution in [-0.4, -0.2) is 39.4 Å². The summed E-state index contributed by atoms with van der Waals surface area (Å²) < 4.78 is 5.24. The molecule has 3 aromatic carbocycles. The van der Waals surface area contributed by atoms with Gasteiger partial charge in [-0.2, -0.15) is 0 Å². The summed E-state index contributed by atoms with van der Waals surface area (Å²) in [5, 5.41) is 6.69. The Morgan fingerprint density at radius 3 is 2.40 bits per heavy atom. The van der Waals surface area contributed by atoms with Crippen molar-refractivity contribution >= 4 is 28.8 Å². The standard InChI is InChI=1S/C33H38N4O3/c1-33(2)18-27-31(29(38)19-33)32(23-12-14-24(15-13-23)36(3)4)37(28-9-7-6-8-26(28)35-27)21-30(39)34-20-22-10-16-25(40-5)17-11-22/h6-17,32,35H,18-21H2,1-5H3,(H,34,39). The lowest BCUT2D eigenvalue weighted by atomic mass is 9.73. The van der Waals surface area contributed by atoms with E-state index in [0.29, 0.717) is 13.0 Å². The van der Waals surface area contributed by atoms with E-state index in [-0.39, 0.29) is 23.7 Å². The molecule has 2 aliphatic rings. The third-order valence-corrected chi connectivity index (χ3v) is 7.69. The van der Waals surface area contributed by atoms with Crippen LogP contribution < -0.4 is 25.2 Å². The number of carbonyl (C=O) groups is 2. The van der Waals surface area contributed by atoms with E-state index in [1.54, 1.807) is 7.11 Å². The van der Waals surface area contributed by atoms with Crippen molar-refractivity contribution in [2.45, 2.75) is 39.3 Å². The van der Waals surface area contributed by atoms with Crippen LogP contribution in [0.2, 0.25) is 0 Å². The Morgan fingerprint density at radius 2 is 1.73 bits per heavy atom. The van der Waals surface area contributed by atoms with Crippen LogP contribution in [-0.2, 0) is 16.1 Å². The highest BCUT2D eigenvalue weighted by Gasteiger charge is 2.41. The van der Waals surface area contributed by atoms with Crippen LogP contribution in [0.3, 0.4) is 0 Å². The van der Waals surface area contributed by atoms with E-state index in [9.17, 15) is 9.59 Å². The quantitative estimate of drug-likeness (QED) is 0.402. The molecule has 7 heteroatoms. The van der Waals surface area contributed by atoms with E-state index in [0.717, 1.165) is 51.6 Å². The van der Waals surface area contributed by atoms with E-state index in [1.165, 1.54) is 0 Å². The molecule has 40 heavy (non-hydrogen) atoms. The van der Waals surface area contributed by atoms with Gasteiger partial charge in [-0.15, -0.1) is 0 Å². The largest absolute Gasteiger partial charge is 0.497 e. The molecule has 2 N–H and O–H groups in total. The molecule has 0 aromatic heterocycles. The number of para-hydroxylation sites is 2.